The number of amides is 1. The van der Waals surface area contributed by atoms with E-state index in [2.05, 4.69) is 12.2 Å². The highest BCUT2D eigenvalue weighted by Gasteiger charge is 2.35. The molecule has 1 N–H and O–H groups in total. The highest BCUT2D eigenvalue weighted by molar-refractivity contribution is 6.30. The van der Waals surface area contributed by atoms with Crippen molar-refractivity contribution in [1.29, 1.82) is 0 Å². The summed E-state index contributed by atoms with van der Waals surface area (Å²) in [6.07, 6.45) is -0.0513. The van der Waals surface area contributed by atoms with Crippen molar-refractivity contribution in [3.8, 4) is 0 Å². The molecule has 5 heteroatoms. The molecule has 0 aromatic heterocycles. The van der Waals surface area contributed by atoms with Crippen molar-refractivity contribution < 1.29 is 9.53 Å². The van der Waals surface area contributed by atoms with Crippen molar-refractivity contribution in [2.45, 2.75) is 13.0 Å². The summed E-state index contributed by atoms with van der Waals surface area (Å²) in [5.74, 6) is 0.776. The Morgan fingerprint density at radius 2 is 2.10 bits per heavy atom. The zero-order valence-electron chi connectivity index (χ0n) is 12.2. The van der Waals surface area contributed by atoms with Gasteiger partial charge in [0.1, 0.15) is 6.10 Å². The summed E-state index contributed by atoms with van der Waals surface area (Å²) >= 11 is 5.92. The monoisotopic (exact) mass is 308 g/mol. The van der Waals surface area contributed by atoms with Gasteiger partial charge in [-0.1, -0.05) is 30.7 Å². The maximum Gasteiger partial charge on any atom is 0.227 e. The molecule has 4 nitrogen and oxygen atoms in total. The van der Waals surface area contributed by atoms with Crippen molar-refractivity contribution >= 4 is 17.5 Å². The standard InChI is InChI=1S/C16H21ClN2O2/c1-11-8-18-9-14(11)16(20)19-6-7-21-15(10-19)12-2-4-13(17)5-3-12/h2-5,11,14-15,18H,6-10H2,1H3/t11-,14-,15?/m1/s1. The fraction of sp³-hybridized carbons (Fsp3) is 0.562. The first kappa shape index (κ1) is 14.8. The van der Waals surface area contributed by atoms with Crippen molar-refractivity contribution in [3.05, 3.63) is 34.9 Å². The van der Waals surface area contributed by atoms with Crippen molar-refractivity contribution in [2.75, 3.05) is 32.8 Å². The first-order chi connectivity index (χ1) is 10.1. The second-order valence-electron chi connectivity index (χ2n) is 5.94. The molecule has 0 bridgehead atoms. The largest absolute Gasteiger partial charge is 0.370 e. The molecule has 1 amide bonds. The third kappa shape index (κ3) is 3.23. The third-order valence-electron chi connectivity index (χ3n) is 4.45. The van der Waals surface area contributed by atoms with Gasteiger partial charge >= 0.3 is 0 Å². The molecule has 2 fully saturated rings. The number of benzene rings is 1. The van der Waals surface area contributed by atoms with Gasteiger partial charge in [0.05, 0.1) is 19.1 Å². The number of nitrogens with one attached hydrogen (secondary N) is 1. The van der Waals surface area contributed by atoms with Crippen LogP contribution in [0.2, 0.25) is 5.02 Å². The lowest BCUT2D eigenvalue weighted by Gasteiger charge is -2.35. The van der Waals surface area contributed by atoms with E-state index in [0.29, 0.717) is 30.6 Å². The van der Waals surface area contributed by atoms with E-state index < -0.39 is 0 Å². The summed E-state index contributed by atoms with van der Waals surface area (Å²) in [6, 6.07) is 7.68. The molecule has 0 radical (unpaired) electrons. The lowest BCUT2D eigenvalue weighted by Crippen LogP contribution is -2.46. The van der Waals surface area contributed by atoms with Crippen molar-refractivity contribution in [3.63, 3.8) is 0 Å². The molecule has 0 aliphatic carbocycles. The van der Waals surface area contributed by atoms with Crippen molar-refractivity contribution in [2.24, 2.45) is 11.8 Å². The van der Waals surface area contributed by atoms with Crippen LogP contribution < -0.4 is 5.32 Å². The van der Waals surface area contributed by atoms with Gasteiger partial charge in [0.2, 0.25) is 5.91 Å². The van der Waals surface area contributed by atoms with Crippen LogP contribution in [-0.4, -0.2) is 43.6 Å². The number of carbonyl (C=O) groups is 1. The number of morpholine rings is 1. The molecular formula is C16H21ClN2O2. The maximum atomic E-state index is 12.7. The van der Waals surface area contributed by atoms with E-state index in [9.17, 15) is 4.79 Å². The average Bonchev–Trinajstić information content (AvgIpc) is 2.93. The summed E-state index contributed by atoms with van der Waals surface area (Å²) < 4.78 is 5.82. The molecule has 1 aromatic carbocycles. The van der Waals surface area contributed by atoms with Gasteiger partial charge in [-0.15, -0.1) is 0 Å². The number of carbonyl (C=O) groups excluding carboxylic acids is 1. The highest BCUT2D eigenvalue weighted by Crippen LogP contribution is 2.26. The Morgan fingerprint density at radius 1 is 1.33 bits per heavy atom. The van der Waals surface area contributed by atoms with Gasteiger partial charge < -0.3 is 15.0 Å². The lowest BCUT2D eigenvalue weighted by molar-refractivity contribution is -0.143. The minimum Gasteiger partial charge on any atom is -0.370 e. The third-order valence-corrected chi connectivity index (χ3v) is 4.71. The van der Waals surface area contributed by atoms with Crippen LogP contribution in [-0.2, 0) is 9.53 Å². The van der Waals surface area contributed by atoms with Crippen LogP contribution in [0.1, 0.15) is 18.6 Å². The van der Waals surface area contributed by atoms with E-state index in [4.69, 9.17) is 16.3 Å². The Balaban J connectivity index is 1.68. The minimum absolute atomic E-state index is 0.0513. The molecule has 2 saturated heterocycles. The summed E-state index contributed by atoms with van der Waals surface area (Å²) in [5.41, 5.74) is 1.08. The molecule has 1 unspecified atom stereocenters. The molecule has 3 atom stereocenters. The molecule has 2 aliphatic heterocycles. The van der Waals surface area contributed by atoms with Crippen molar-refractivity contribution in [1.82, 2.24) is 10.2 Å². The van der Waals surface area contributed by atoms with Gasteiger partial charge in [-0.2, -0.15) is 0 Å². The molecule has 3 rings (SSSR count). The topological polar surface area (TPSA) is 41.6 Å². The quantitative estimate of drug-likeness (QED) is 0.909. The van der Waals surface area contributed by atoms with Crippen LogP contribution in [0.25, 0.3) is 0 Å². The minimum atomic E-state index is -0.0513. The molecule has 2 heterocycles. The van der Waals surface area contributed by atoms with Crippen LogP contribution in [0.3, 0.4) is 0 Å². The van der Waals surface area contributed by atoms with Crippen LogP contribution in [0.15, 0.2) is 24.3 Å². The van der Waals surface area contributed by atoms with Crippen LogP contribution >= 0.6 is 11.6 Å². The van der Waals surface area contributed by atoms with E-state index >= 15 is 0 Å². The van der Waals surface area contributed by atoms with Gasteiger partial charge in [-0.05, 0) is 30.2 Å². The average molecular weight is 309 g/mol. The summed E-state index contributed by atoms with van der Waals surface area (Å²) in [7, 11) is 0. The Labute approximate surface area is 130 Å². The van der Waals surface area contributed by atoms with E-state index in [1.807, 2.05) is 29.2 Å². The van der Waals surface area contributed by atoms with Crippen LogP contribution in [0, 0.1) is 11.8 Å². The number of hydrogen-bond donors (Lipinski definition) is 1. The normalized spacial score (nSPS) is 29.6. The van der Waals surface area contributed by atoms with E-state index in [1.54, 1.807) is 0 Å². The number of rotatable bonds is 2. The fourth-order valence-electron chi connectivity index (χ4n) is 3.10. The Hall–Kier alpha value is -1.10. The summed E-state index contributed by atoms with van der Waals surface area (Å²) in [4.78, 5) is 14.6. The van der Waals surface area contributed by atoms with E-state index in [0.717, 1.165) is 18.7 Å². The van der Waals surface area contributed by atoms with E-state index in [-0.39, 0.29) is 17.9 Å². The number of ether oxygens (including phenoxy) is 1. The number of halogens is 1. The zero-order valence-corrected chi connectivity index (χ0v) is 13.0. The van der Waals surface area contributed by atoms with Gasteiger partial charge in [-0.3, -0.25) is 4.79 Å². The van der Waals surface area contributed by atoms with Gasteiger partial charge in [0, 0.05) is 18.1 Å². The molecule has 114 valence electrons. The molecule has 2 aliphatic rings. The molecular weight excluding hydrogens is 288 g/mol. The Morgan fingerprint density at radius 3 is 2.76 bits per heavy atom. The zero-order chi connectivity index (χ0) is 14.8. The molecule has 0 saturated carbocycles. The number of hydrogen-bond acceptors (Lipinski definition) is 3. The summed E-state index contributed by atoms with van der Waals surface area (Å²) in [6.45, 7) is 5.77. The highest BCUT2D eigenvalue weighted by atomic mass is 35.5. The predicted octanol–water partition coefficient (Wildman–Crippen LogP) is 2.10. The first-order valence-corrected chi connectivity index (χ1v) is 7.89. The molecule has 21 heavy (non-hydrogen) atoms. The van der Waals surface area contributed by atoms with Gasteiger partial charge in [0.25, 0.3) is 0 Å². The van der Waals surface area contributed by atoms with Crippen LogP contribution in [0.4, 0.5) is 0 Å². The van der Waals surface area contributed by atoms with E-state index in [1.165, 1.54) is 0 Å². The second kappa shape index (κ2) is 6.34. The molecule has 1 aromatic rings. The predicted molar refractivity (Wildman–Crippen MR) is 82.2 cm³/mol. The lowest BCUT2D eigenvalue weighted by atomic mass is 9.96. The Bertz CT molecular complexity index is 506. The Kier molecular flexibility index (Phi) is 4.48. The smallest absolute Gasteiger partial charge is 0.227 e. The SMILES string of the molecule is C[C@@H]1CNC[C@H]1C(=O)N1CCOC(c2ccc(Cl)cc2)C1. The summed E-state index contributed by atoms with van der Waals surface area (Å²) in [5, 5.41) is 4.01. The molecule has 0 spiro atoms. The second-order valence-corrected chi connectivity index (χ2v) is 6.37. The fourth-order valence-corrected chi connectivity index (χ4v) is 3.23. The van der Waals surface area contributed by atoms with Gasteiger partial charge in [0.15, 0.2) is 0 Å². The first-order valence-electron chi connectivity index (χ1n) is 7.51. The van der Waals surface area contributed by atoms with Crippen LogP contribution in [0.5, 0.6) is 0 Å². The number of nitrogens with zero attached hydrogens (tertiary/aromatic N) is 1. The van der Waals surface area contributed by atoms with Gasteiger partial charge in [-0.25, -0.2) is 0 Å². The maximum absolute atomic E-state index is 12.7.